The van der Waals surface area contributed by atoms with E-state index in [9.17, 15) is 9.59 Å². The van der Waals surface area contributed by atoms with Gasteiger partial charge in [-0.05, 0) is 74.5 Å². The van der Waals surface area contributed by atoms with Crippen molar-refractivity contribution < 1.29 is 18.7 Å². The number of hydrogen-bond donors (Lipinski definition) is 1. The fourth-order valence-corrected chi connectivity index (χ4v) is 5.89. The number of fused-ring (bicyclic) bond motifs is 2. The van der Waals surface area contributed by atoms with E-state index in [1.165, 1.54) is 17.2 Å². The number of aromatic nitrogens is 3. The topological polar surface area (TPSA) is 88.8 Å². The van der Waals surface area contributed by atoms with Crippen LogP contribution in [-0.2, 0) is 11.2 Å². The number of esters is 1. The third-order valence-corrected chi connectivity index (χ3v) is 8.32. The van der Waals surface area contributed by atoms with Crippen LogP contribution >= 0.6 is 0 Å². The maximum Gasteiger partial charge on any atom is 0.315 e. The summed E-state index contributed by atoms with van der Waals surface area (Å²) in [6.45, 7) is 4.04. The van der Waals surface area contributed by atoms with Crippen LogP contribution in [0, 0.1) is 11.7 Å². The molecule has 40 heavy (non-hydrogen) atoms. The van der Waals surface area contributed by atoms with E-state index in [1.54, 1.807) is 28.8 Å². The Morgan fingerprint density at radius 2 is 1.93 bits per heavy atom. The van der Waals surface area contributed by atoms with Gasteiger partial charge in [-0.1, -0.05) is 24.3 Å². The van der Waals surface area contributed by atoms with Crippen molar-refractivity contribution in [3.63, 3.8) is 0 Å². The summed E-state index contributed by atoms with van der Waals surface area (Å²) in [5.74, 6) is -0.0806. The lowest BCUT2D eigenvalue weighted by molar-refractivity contribution is -0.138. The molecular weight excluding hydrogens is 509 g/mol. The van der Waals surface area contributed by atoms with Gasteiger partial charge in [0.2, 0.25) is 0 Å². The Morgan fingerprint density at radius 1 is 1.07 bits per heavy atom. The maximum atomic E-state index is 15.2. The van der Waals surface area contributed by atoms with Crippen LogP contribution in [0.25, 0.3) is 16.8 Å². The van der Waals surface area contributed by atoms with Crippen molar-refractivity contribution in [2.45, 2.75) is 44.6 Å². The predicted octanol–water partition coefficient (Wildman–Crippen LogP) is 4.69. The summed E-state index contributed by atoms with van der Waals surface area (Å²) < 4.78 is 22.4. The molecule has 2 aromatic heterocycles. The number of benzene rings is 2. The average Bonchev–Trinajstić information content (AvgIpc) is 3.47. The molecule has 2 aliphatic heterocycles. The summed E-state index contributed by atoms with van der Waals surface area (Å²) in [6, 6.07) is 16.1. The number of amides is 1. The van der Waals surface area contributed by atoms with Gasteiger partial charge in [-0.25, -0.2) is 13.9 Å². The van der Waals surface area contributed by atoms with Gasteiger partial charge in [-0.3, -0.25) is 9.59 Å². The zero-order chi connectivity index (χ0) is 27.4. The Hall–Kier alpha value is -4.11. The van der Waals surface area contributed by atoms with E-state index >= 15 is 4.39 Å². The first-order valence-electron chi connectivity index (χ1n) is 14.0. The van der Waals surface area contributed by atoms with Crippen LogP contribution < -0.4 is 10.1 Å². The van der Waals surface area contributed by atoms with E-state index in [4.69, 9.17) is 9.72 Å². The minimum atomic E-state index is -0.531. The highest BCUT2D eigenvalue weighted by Gasteiger charge is 2.33. The van der Waals surface area contributed by atoms with Crippen molar-refractivity contribution in [3.8, 4) is 17.0 Å². The number of ether oxygens (including phenoxy) is 1. The summed E-state index contributed by atoms with van der Waals surface area (Å²) in [4.78, 5) is 32.8. The van der Waals surface area contributed by atoms with Crippen molar-refractivity contribution in [3.05, 3.63) is 83.1 Å². The first kappa shape index (κ1) is 24.9. The molecule has 1 N–H and O–H groups in total. The minimum Gasteiger partial charge on any atom is -0.426 e. The largest absolute Gasteiger partial charge is 0.426 e. The van der Waals surface area contributed by atoms with Gasteiger partial charge >= 0.3 is 5.97 Å². The second-order valence-electron chi connectivity index (χ2n) is 11.0. The molecular formula is C31H30FN5O3. The summed E-state index contributed by atoms with van der Waals surface area (Å²) in [7, 11) is 0. The maximum absolute atomic E-state index is 15.2. The lowest BCUT2D eigenvalue weighted by Gasteiger charge is -2.35. The average molecular weight is 540 g/mol. The summed E-state index contributed by atoms with van der Waals surface area (Å²) in [6.07, 6.45) is 3.48. The second-order valence-corrected chi connectivity index (χ2v) is 11.0. The van der Waals surface area contributed by atoms with Crippen molar-refractivity contribution in [1.82, 2.24) is 24.8 Å². The summed E-state index contributed by atoms with van der Waals surface area (Å²) in [5.41, 5.74) is 4.26. The lowest BCUT2D eigenvalue weighted by atomic mass is 9.93. The molecule has 7 rings (SSSR count). The van der Waals surface area contributed by atoms with E-state index in [1.807, 2.05) is 17.0 Å². The first-order valence-corrected chi connectivity index (χ1v) is 14.0. The zero-order valence-corrected chi connectivity index (χ0v) is 22.3. The van der Waals surface area contributed by atoms with Gasteiger partial charge < -0.3 is 15.0 Å². The number of carbonyl (C=O) groups excluding carboxylic acids is 2. The van der Waals surface area contributed by atoms with Gasteiger partial charge in [-0.15, -0.1) is 0 Å². The molecule has 1 aliphatic carbocycles. The van der Waals surface area contributed by atoms with Gasteiger partial charge in [0.25, 0.3) is 5.91 Å². The van der Waals surface area contributed by atoms with E-state index in [0.29, 0.717) is 42.0 Å². The molecule has 4 aromatic rings. The Kier molecular flexibility index (Phi) is 6.11. The summed E-state index contributed by atoms with van der Waals surface area (Å²) in [5, 5.41) is 7.82. The van der Waals surface area contributed by atoms with E-state index in [2.05, 4.69) is 29.5 Å². The standard InChI is InChI=1S/C31H30FN5O3/c1-18-24-5-3-2-4-19(24)11-13-36(18)30(38)28-15-22-14-27(35-37(22)29(34-28)20-6-7-20)25-9-8-23(16-26(25)32)40-31(39)21-10-12-33-17-21/h2-5,8-9,14-16,18,20-21,33H,6-7,10-13,17H2,1H3/t18-,21?/m1/s1. The van der Waals surface area contributed by atoms with Gasteiger partial charge in [0, 0.05) is 30.6 Å². The monoisotopic (exact) mass is 539 g/mol. The van der Waals surface area contributed by atoms with E-state index in [-0.39, 0.29) is 35.5 Å². The van der Waals surface area contributed by atoms with Crippen LogP contribution in [0.1, 0.15) is 65.6 Å². The molecule has 0 radical (unpaired) electrons. The highest BCUT2D eigenvalue weighted by Crippen LogP contribution is 2.40. The number of hydrogen-bond acceptors (Lipinski definition) is 6. The normalized spacial score (nSPS) is 20.5. The molecule has 2 aromatic carbocycles. The molecule has 1 saturated carbocycles. The molecule has 204 valence electrons. The fourth-order valence-electron chi connectivity index (χ4n) is 5.89. The van der Waals surface area contributed by atoms with E-state index < -0.39 is 5.82 Å². The molecule has 3 aliphatic rings. The SMILES string of the molecule is C[C@@H]1c2ccccc2CCN1C(=O)c1cc2cc(-c3ccc(OC(=O)C4CCNC4)cc3F)nn2c(C2CC2)n1. The number of carbonyl (C=O) groups is 2. The van der Waals surface area contributed by atoms with Crippen LogP contribution in [0.4, 0.5) is 4.39 Å². The molecule has 1 unspecified atom stereocenters. The Labute approximate surface area is 231 Å². The van der Waals surface area contributed by atoms with Gasteiger partial charge in [-0.2, -0.15) is 5.10 Å². The number of rotatable bonds is 5. The molecule has 0 spiro atoms. The molecule has 1 amide bonds. The molecule has 0 bridgehead atoms. The van der Waals surface area contributed by atoms with Gasteiger partial charge in [0.15, 0.2) is 0 Å². The zero-order valence-electron chi connectivity index (χ0n) is 22.3. The van der Waals surface area contributed by atoms with Crippen LogP contribution in [0.2, 0.25) is 0 Å². The fraction of sp³-hybridized carbons (Fsp3) is 0.355. The molecule has 2 atom stereocenters. The van der Waals surface area contributed by atoms with Crippen molar-refractivity contribution >= 4 is 17.4 Å². The predicted molar refractivity (Wildman–Crippen MR) is 147 cm³/mol. The van der Waals surface area contributed by atoms with Crippen LogP contribution in [0.5, 0.6) is 5.75 Å². The quantitative estimate of drug-likeness (QED) is 0.293. The van der Waals surface area contributed by atoms with E-state index in [0.717, 1.165) is 31.6 Å². The summed E-state index contributed by atoms with van der Waals surface area (Å²) >= 11 is 0. The van der Waals surface area contributed by atoms with Crippen LogP contribution in [-0.4, -0.2) is 51.0 Å². The first-order chi connectivity index (χ1) is 19.5. The molecule has 1 saturated heterocycles. The van der Waals surface area contributed by atoms with Crippen molar-refractivity contribution in [2.75, 3.05) is 19.6 Å². The Morgan fingerprint density at radius 3 is 2.70 bits per heavy atom. The van der Waals surface area contributed by atoms with Gasteiger partial charge in [0.05, 0.1) is 23.2 Å². The molecule has 9 heteroatoms. The third kappa shape index (κ3) is 4.44. The molecule has 4 heterocycles. The van der Waals surface area contributed by atoms with Crippen molar-refractivity contribution in [1.29, 1.82) is 0 Å². The minimum absolute atomic E-state index is 0.0491. The number of nitrogens with zero attached hydrogens (tertiary/aromatic N) is 4. The second kappa shape index (κ2) is 9.82. The lowest BCUT2D eigenvalue weighted by Crippen LogP contribution is -2.39. The number of nitrogens with one attached hydrogen (secondary N) is 1. The van der Waals surface area contributed by atoms with Crippen molar-refractivity contribution in [2.24, 2.45) is 5.92 Å². The van der Waals surface area contributed by atoms with Crippen LogP contribution in [0.3, 0.4) is 0 Å². The highest BCUT2D eigenvalue weighted by molar-refractivity contribution is 5.94. The van der Waals surface area contributed by atoms with Crippen LogP contribution in [0.15, 0.2) is 54.6 Å². The smallest absolute Gasteiger partial charge is 0.315 e. The number of halogens is 1. The third-order valence-electron chi connectivity index (χ3n) is 8.32. The highest BCUT2D eigenvalue weighted by atomic mass is 19.1. The van der Waals surface area contributed by atoms with Gasteiger partial charge in [0.1, 0.15) is 23.1 Å². The Bertz CT molecular complexity index is 1640. The molecule has 8 nitrogen and oxygen atoms in total. The molecule has 2 fully saturated rings. The Balaban J connectivity index is 1.19.